The predicted octanol–water partition coefficient (Wildman–Crippen LogP) is 2.34. The predicted molar refractivity (Wildman–Crippen MR) is 72.9 cm³/mol. The molecule has 0 fully saturated rings. The molecule has 0 aromatic heterocycles. The smallest absolute Gasteiger partial charge is 0.272 e. The molecule has 1 aromatic rings. The highest BCUT2D eigenvalue weighted by Crippen LogP contribution is 2.32. The molecule has 1 aromatic carbocycles. The second kappa shape index (κ2) is 6.13. The highest BCUT2D eigenvalue weighted by atomic mass is 35.5. The molecule has 5 nitrogen and oxygen atoms in total. The minimum absolute atomic E-state index is 0. The summed E-state index contributed by atoms with van der Waals surface area (Å²) >= 11 is 0. The summed E-state index contributed by atoms with van der Waals surface area (Å²) in [4.78, 5) is 10.4. The first-order chi connectivity index (χ1) is 7.79. The number of hydrogen-bond donors (Lipinski definition) is 2. The monoisotopic (exact) mass is 274 g/mol. The molecule has 0 saturated carbocycles. The molecule has 0 spiro atoms. The molecule has 0 aliphatic rings. The van der Waals surface area contributed by atoms with Crippen molar-refractivity contribution in [1.82, 2.24) is 0 Å². The quantitative estimate of drug-likeness (QED) is 0.651. The van der Waals surface area contributed by atoms with Crippen molar-refractivity contribution in [2.24, 2.45) is 11.1 Å². The molecule has 0 bridgehead atoms. The summed E-state index contributed by atoms with van der Waals surface area (Å²) in [5.74, 6) is 0. The lowest BCUT2D eigenvalue weighted by molar-refractivity contribution is -0.385. The van der Waals surface area contributed by atoms with Crippen molar-refractivity contribution in [3.8, 4) is 0 Å². The number of aliphatic hydroxyl groups excluding tert-OH is 1. The number of aryl methyl sites for hydroxylation is 1. The SMILES string of the molecule is Cc1ccc([C@H](N)C(C)(C)CO)cc1[N+](=O)[O-].Cl. The number of aliphatic hydroxyl groups is 1. The van der Waals surface area contributed by atoms with Crippen molar-refractivity contribution in [2.75, 3.05) is 6.61 Å². The third-order valence-corrected chi connectivity index (χ3v) is 3.04. The molecule has 1 atom stereocenters. The van der Waals surface area contributed by atoms with Crippen LogP contribution in [-0.2, 0) is 0 Å². The van der Waals surface area contributed by atoms with Gasteiger partial charge in [0.05, 0.1) is 4.92 Å². The van der Waals surface area contributed by atoms with Crippen LogP contribution in [0.25, 0.3) is 0 Å². The van der Waals surface area contributed by atoms with Gasteiger partial charge >= 0.3 is 0 Å². The molecule has 0 unspecified atom stereocenters. The van der Waals surface area contributed by atoms with Crippen LogP contribution in [0.3, 0.4) is 0 Å². The normalized spacial score (nSPS) is 12.7. The molecule has 0 radical (unpaired) electrons. The zero-order chi connectivity index (χ0) is 13.2. The highest BCUT2D eigenvalue weighted by Gasteiger charge is 2.28. The zero-order valence-corrected chi connectivity index (χ0v) is 11.5. The van der Waals surface area contributed by atoms with Gasteiger partial charge in [0.1, 0.15) is 0 Å². The minimum Gasteiger partial charge on any atom is -0.396 e. The zero-order valence-electron chi connectivity index (χ0n) is 10.7. The van der Waals surface area contributed by atoms with E-state index < -0.39 is 16.4 Å². The van der Waals surface area contributed by atoms with Crippen LogP contribution in [0.4, 0.5) is 5.69 Å². The molecule has 0 saturated heterocycles. The maximum Gasteiger partial charge on any atom is 0.272 e. The number of benzene rings is 1. The molecule has 0 amide bonds. The molecule has 6 heteroatoms. The summed E-state index contributed by atoms with van der Waals surface area (Å²) in [7, 11) is 0. The van der Waals surface area contributed by atoms with Crippen LogP contribution in [0.2, 0.25) is 0 Å². The fourth-order valence-electron chi connectivity index (χ4n) is 1.57. The van der Waals surface area contributed by atoms with E-state index in [0.29, 0.717) is 11.1 Å². The molecule has 0 heterocycles. The van der Waals surface area contributed by atoms with Crippen molar-refractivity contribution < 1.29 is 10.0 Å². The molecule has 102 valence electrons. The van der Waals surface area contributed by atoms with E-state index in [1.807, 2.05) is 13.8 Å². The summed E-state index contributed by atoms with van der Waals surface area (Å²) in [6.07, 6.45) is 0. The Morgan fingerprint density at radius 2 is 2.06 bits per heavy atom. The van der Waals surface area contributed by atoms with Crippen LogP contribution in [0.15, 0.2) is 18.2 Å². The van der Waals surface area contributed by atoms with Gasteiger partial charge in [0.2, 0.25) is 0 Å². The second-order valence-electron chi connectivity index (χ2n) is 4.93. The second-order valence-corrected chi connectivity index (χ2v) is 4.93. The van der Waals surface area contributed by atoms with Crippen molar-refractivity contribution >= 4 is 18.1 Å². The van der Waals surface area contributed by atoms with E-state index in [4.69, 9.17) is 5.73 Å². The van der Waals surface area contributed by atoms with Gasteiger partial charge in [-0.05, 0) is 12.5 Å². The van der Waals surface area contributed by atoms with E-state index in [1.165, 1.54) is 6.07 Å². The fraction of sp³-hybridized carbons (Fsp3) is 0.500. The number of nitrogens with two attached hydrogens (primary N) is 1. The third kappa shape index (κ3) is 3.41. The Labute approximate surface area is 113 Å². The van der Waals surface area contributed by atoms with Gasteiger partial charge in [0, 0.05) is 29.7 Å². The van der Waals surface area contributed by atoms with Crippen molar-refractivity contribution in [2.45, 2.75) is 26.8 Å². The number of rotatable bonds is 4. The average molecular weight is 275 g/mol. The van der Waals surface area contributed by atoms with Crippen molar-refractivity contribution in [3.63, 3.8) is 0 Å². The third-order valence-electron chi connectivity index (χ3n) is 3.04. The first-order valence-corrected chi connectivity index (χ1v) is 5.41. The summed E-state index contributed by atoms with van der Waals surface area (Å²) < 4.78 is 0. The Hall–Kier alpha value is -1.17. The van der Waals surface area contributed by atoms with E-state index in [0.717, 1.165) is 0 Å². The molecule has 18 heavy (non-hydrogen) atoms. The topological polar surface area (TPSA) is 89.4 Å². The van der Waals surface area contributed by atoms with E-state index in [1.54, 1.807) is 19.1 Å². The molecule has 0 aliphatic heterocycles. The van der Waals surface area contributed by atoms with Gasteiger partial charge < -0.3 is 10.8 Å². The number of nitro benzene ring substituents is 1. The Morgan fingerprint density at radius 3 is 2.50 bits per heavy atom. The van der Waals surface area contributed by atoms with E-state index in [2.05, 4.69) is 0 Å². The fourth-order valence-corrected chi connectivity index (χ4v) is 1.57. The number of hydrogen-bond acceptors (Lipinski definition) is 4. The summed E-state index contributed by atoms with van der Waals surface area (Å²) in [5, 5.41) is 20.1. The standard InChI is InChI=1S/C12H18N2O3.ClH/c1-8-4-5-9(6-10(8)14(16)17)11(13)12(2,3)7-15;/h4-6,11,15H,7,13H2,1-3H3;1H/t11-;/m0./s1. The van der Waals surface area contributed by atoms with Crippen LogP contribution >= 0.6 is 12.4 Å². The van der Waals surface area contributed by atoms with Crippen LogP contribution < -0.4 is 5.73 Å². The Bertz CT molecular complexity index is 435. The highest BCUT2D eigenvalue weighted by molar-refractivity contribution is 5.85. The van der Waals surface area contributed by atoms with E-state index >= 15 is 0 Å². The first kappa shape index (κ1) is 16.8. The molecule has 0 aliphatic carbocycles. The maximum absolute atomic E-state index is 10.8. The van der Waals surface area contributed by atoms with Crippen LogP contribution in [0.1, 0.15) is 31.0 Å². The lowest BCUT2D eigenvalue weighted by Crippen LogP contribution is -2.32. The van der Waals surface area contributed by atoms with Gasteiger partial charge in [-0.2, -0.15) is 0 Å². The lowest BCUT2D eigenvalue weighted by Gasteiger charge is -2.29. The molecule has 3 N–H and O–H groups in total. The first-order valence-electron chi connectivity index (χ1n) is 5.41. The maximum atomic E-state index is 10.8. The van der Waals surface area contributed by atoms with Gasteiger partial charge in [-0.25, -0.2) is 0 Å². The molecular formula is C12H19ClN2O3. The van der Waals surface area contributed by atoms with Crippen LogP contribution in [0.5, 0.6) is 0 Å². The van der Waals surface area contributed by atoms with Gasteiger partial charge in [0.15, 0.2) is 0 Å². The van der Waals surface area contributed by atoms with Crippen LogP contribution in [-0.4, -0.2) is 16.6 Å². The number of nitrogens with zero attached hydrogens (tertiary/aromatic N) is 1. The number of nitro groups is 1. The van der Waals surface area contributed by atoms with Gasteiger partial charge in [-0.1, -0.05) is 26.0 Å². The Kier molecular flexibility index (Phi) is 5.73. The number of halogens is 1. The van der Waals surface area contributed by atoms with E-state index in [-0.39, 0.29) is 24.7 Å². The van der Waals surface area contributed by atoms with Crippen LogP contribution in [0, 0.1) is 22.5 Å². The summed E-state index contributed by atoms with van der Waals surface area (Å²) in [6, 6.07) is 4.49. The largest absolute Gasteiger partial charge is 0.396 e. The van der Waals surface area contributed by atoms with Gasteiger partial charge in [-0.3, -0.25) is 10.1 Å². The van der Waals surface area contributed by atoms with E-state index in [9.17, 15) is 15.2 Å². The lowest BCUT2D eigenvalue weighted by atomic mass is 9.81. The minimum atomic E-state index is -0.511. The Morgan fingerprint density at radius 1 is 1.50 bits per heavy atom. The van der Waals surface area contributed by atoms with Gasteiger partial charge in [0.25, 0.3) is 5.69 Å². The summed E-state index contributed by atoms with van der Waals surface area (Å²) in [5.41, 5.74) is 6.84. The Balaban J connectivity index is 0.00000289. The van der Waals surface area contributed by atoms with Crippen molar-refractivity contribution in [3.05, 3.63) is 39.4 Å². The van der Waals surface area contributed by atoms with Crippen molar-refractivity contribution in [1.29, 1.82) is 0 Å². The average Bonchev–Trinajstić information content (AvgIpc) is 2.28. The summed E-state index contributed by atoms with van der Waals surface area (Å²) in [6.45, 7) is 5.26. The molecule has 1 rings (SSSR count). The van der Waals surface area contributed by atoms with Gasteiger partial charge in [-0.15, -0.1) is 12.4 Å². The molecular weight excluding hydrogens is 256 g/mol.